The van der Waals surface area contributed by atoms with E-state index in [-0.39, 0.29) is 5.78 Å². The van der Waals surface area contributed by atoms with Crippen molar-refractivity contribution in [2.75, 3.05) is 12.4 Å². The molecule has 2 aromatic rings. The van der Waals surface area contributed by atoms with Gasteiger partial charge in [-0.1, -0.05) is 41.4 Å². The van der Waals surface area contributed by atoms with E-state index in [0.29, 0.717) is 28.0 Å². The minimum absolute atomic E-state index is 0.152. The lowest BCUT2D eigenvalue weighted by Gasteiger charge is -2.45. The summed E-state index contributed by atoms with van der Waals surface area (Å²) in [5, 5.41) is 4.92. The van der Waals surface area contributed by atoms with Crippen molar-refractivity contribution in [2.24, 2.45) is 0 Å². The normalized spacial score (nSPS) is 19.9. The van der Waals surface area contributed by atoms with E-state index in [2.05, 4.69) is 5.32 Å². The lowest BCUT2D eigenvalue weighted by molar-refractivity contribution is -0.131. The van der Waals surface area contributed by atoms with Crippen LogP contribution in [-0.4, -0.2) is 22.8 Å². The van der Waals surface area contributed by atoms with Gasteiger partial charge in [0.15, 0.2) is 10.9 Å². The quantitative estimate of drug-likeness (QED) is 0.666. The van der Waals surface area contributed by atoms with Crippen molar-refractivity contribution in [3.63, 3.8) is 0 Å². The van der Waals surface area contributed by atoms with Gasteiger partial charge in [0.1, 0.15) is 5.54 Å². The zero-order valence-electron chi connectivity index (χ0n) is 14.5. The minimum atomic E-state index is -0.840. The Hall–Kier alpha value is -1.62. The first-order valence-corrected chi connectivity index (χ1v) is 9.70. The van der Waals surface area contributed by atoms with Crippen molar-refractivity contribution in [3.05, 3.63) is 64.1 Å². The summed E-state index contributed by atoms with van der Waals surface area (Å²) in [6.07, 6.45) is 3.06. The maximum absolute atomic E-state index is 13.1. The highest BCUT2D eigenvalue weighted by molar-refractivity contribution is 7.80. The molecule has 1 aliphatic rings. The van der Waals surface area contributed by atoms with Crippen molar-refractivity contribution < 1.29 is 4.79 Å². The molecular formula is C20H20Cl2N2OS. The largest absolute Gasteiger partial charge is 0.335 e. The Bertz CT molecular complexity index is 825. The molecule has 0 heterocycles. The van der Waals surface area contributed by atoms with Gasteiger partial charge in [0.05, 0.1) is 0 Å². The van der Waals surface area contributed by atoms with Crippen molar-refractivity contribution in [2.45, 2.75) is 31.2 Å². The van der Waals surface area contributed by atoms with Crippen LogP contribution in [0.3, 0.4) is 0 Å². The minimum Gasteiger partial charge on any atom is -0.335 e. The summed E-state index contributed by atoms with van der Waals surface area (Å²) in [5.74, 6) is 0.152. The molecule has 0 aliphatic heterocycles. The van der Waals surface area contributed by atoms with Crippen LogP contribution in [0, 0.1) is 0 Å². The average molecular weight is 407 g/mol. The molecule has 1 N–H and O–H groups in total. The molecule has 3 rings (SSSR count). The number of carbonyl (C=O) groups is 1. The van der Waals surface area contributed by atoms with Crippen LogP contribution in [0.2, 0.25) is 10.0 Å². The zero-order chi connectivity index (χ0) is 18.7. The SMILES string of the molecule is CN(C(=S)Nc1ccc(Cl)cc1)[C@]1(c2ccccc2Cl)CCCCC1=O. The first-order valence-electron chi connectivity index (χ1n) is 8.54. The van der Waals surface area contributed by atoms with Crippen LogP contribution in [-0.2, 0) is 10.3 Å². The standard InChI is InChI=1S/C20H20Cl2N2OS/c1-24(19(26)23-15-11-9-14(21)10-12-15)20(13-5-4-8-18(20)25)16-6-2-3-7-17(16)22/h2-3,6-7,9-12H,4-5,8,13H2,1H3,(H,23,26)/t20-/m0/s1. The van der Waals surface area contributed by atoms with Crippen LogP contribution >= 0.6 is 35.4 Å². The maximum atomic E-state index is 13.1. The number of Topliss-reactive ketones (excluding diaryl/α,β-unsaturated/α-hetero) is 1. The van der Waals surface area contributed by atoms with Crippen molar-refractivity contribution in [1.29, 1.82) is 0 Å². The van der Waals surface area contributed by atoms with E-state index in [1.165, 1.54) is 0 Å². The third-order valence-corrected chi connectivity index (χ3v) is 5.90. The van der Waals surface area contributed by atoms with Crippen molar-refractivity contribution >= 4 is 52.0 Å². The number of ketones is 1. The molecule has 0 saturated heterocycles. The van der Waals surface area contributed by atoms with Gasteiger partial charge in [-0.25, -0.2) is 0 Å². The number of thiocarbonyl (C=S) groups is 1. The molecular weight excluding hydrogens is 387 g/mol. The molecule has 0 aromatic heterocycles. The third kappa shape index (κ3) is 3.59. The van der Waals surface area contributed by atoms with Crippen LogP contribution in [0.25, 0.3) is 0 Å². The van der Waals surface area contributed by atoms with Crippen LogP contribution in [0.5, 0.6) is 0 Å². The van der Waals surface area contributed by atoms with E-state index in [0.717, 1.165) is 24.1 Å². The van der Waals surface area contributed by atoms with Crippen molar-refractivity contribution in [1.82, 2.24) is 4.90 Å². The predicted molar refractivity (Wildman–Crippen MR) is 112 cm³/mol. The number of rotatable bonds is 3. The summed E-state index contributed by atoms with van der Waals surface area (Å²) in [6.45, 7) is 0. The van der Waals surface area contributed by atoms with Crippen LogP contribution < -0.4 is 5.32 Å². The van der Waals surface area contributed by atoms with E-state index in [1.807, 2.05) is 48.3 Å². The monoisotopic (exact) mass is 406 g/mol. The van der Waals surface area contributed by atoms with Gasteiger partial charge in [0.25, 0.3) is 0 Å². The average Bonchev–Trinajstić information content (AvgIpc) is 2.64. The summed E-state index contributed by atoms with van der Waals surface area (Å²) >= 11 is 18.0. The molecule has 2 aromatic carbocycles. The second-order valence-electron chi connectivity index (χ2n) is 6.47. The van der Waals surface area contributed by atoms with E-state index in [9.17, 15) is 4.79 Å². The Kier molecular flexibility index (Phi) is 5.86. The van der Waals surface area contributed by atoms with Crippen molar-refractivity contribution in [3.8, 4) is 0 Å². The zero-order valence-corrected chi connectivity index (χ0v) is 16.8. The van der Waals surface area contributed by atoms with E-state index in [1.54, 1.807) is 12.1 Å². The smallest absolute Gasteiger partial charge is 0.174 e. The van der Waals surface area contributed by atoms with E-state index >= 15 is 0 Å². The third-order valence-electron chi connectivity index (χ3n) is 4.95. The lowest BCUT2D eigenvalue weighted by atomic mass is 9.74. The first-order chi connectivity index (χ1) is 12.4. The Morgan fingerprint density at radius 1 is 1.12 bits per heavy atom. The number of nitrogens with one attached hydrogen (secondary N) is 1. The summed E-state index contributed by atoms with van der Waals surface area (Å²) in [6, 6.07) is 14.8. The van der Waals surface area contributed by atoms with E-state index < -0.39 is 5.54 Å². The fourth-order valence-corrected chi connectivity index (χ4v) is 4.24. The van der Waals surface area contributed by atoms with Gasteiger partial charge in [-0.3, -0.25) is 4.79 Å². The maximum Gasteiger partial charge on any atom is 0.174 e. The van der Waals surface area contributed by atoms with Gasteiger partial charge in [-0.05, 0) is 61.8 Å². The van der Waals surface area contributed by atoms with Gasteiger partial charge in [-0.2, -0.15) is 0 Å². The molecule has 0 bridgehead atoms. The van der Waals surface area contributed by atoms with Gasteiger partial charge < -0.3 is 10.2 Å². The first kappa shape index (κ1) is 19.2. The second-order valence-corrected chi connectivity index (χ2v) is 7.70. The number of halogens is 2. The Labute approximate surface area is 169 Å². The highest BCUT2D eigenvalue weighted by Crippen LogP contribution is 2.42. The molecule has 0 unspecified atom stereocenters. The van der Waals surface area contributed by atoms with Crippen LogP contribution in [0.4, 0.5) is 5.69 Å². The number of nitrogens with zero attached hydrogens (tertiary/aromatic N) is 1. The highest BCUT2D eigenvalue weighted by Gasteiger charge is 2.47. The molecule has 0 radical (unpaired) electrons. The molecule has 26 heavy (non-hydrogen) atoms. The summed E-state index contributed by atoms with van der Waals surface area (Å²) < 4.78 is 0. The molecule has 136 valence electrons. The molecule has 1 aliphatic carbocycles. The number of benzene rings is 2. The molecule has 6 heteroatoms. The van der Waals surface area contributed by atoms with Crippen LogP contribution in [0.15, 0.2) is 48.5 Å². The van der Waals surface area contributed by atoms with Gasteiger partial charge in [0, 0.05) is 34.8 Å². The molecule has 0 spiro atoms. The highest BCUT2D eigenvalue weighted by atomic mass is 35.5. The summed E-state index contributed by atoms with van der Waals surface area (Å²) in [4.78, 5) is 15.0. The number of hydrogen-bond donors (Lipinski definition) is 1. The number of anilines is 1. The Morgan fingerprint density at radius 2 is 1.81 bits per heavy atom. The summed E-state index contributed by atoms with van der Waals surface area (Å²) in [7, 11) is 1.86. The topological polar surface area (TPSA) is 32.3 Å². The lowest BCUT2D eigenvalue weighted by Crippen LogP contribution is -2.55. The fraction of sp³-hybridized carbons (Fsp3) is 0.300. The van der Waals surface area contributed by atoms with Gasteiger partial charge in [-0.15, -0.1) is 0 Å². The van der Waals surface area contributed by atoms with Gasteiger partial charge in [0.2, 0.25) is 0 Å². The number of carbonyl (C=O) groups excluding carboxylic acids is 1. The van der Waals surface area contributed by atoms with Crippen LogP contribution in [0.1, 0.15) is 31.2 Å². The predicted octanol–water partition coefficient (Wildman–Crippen LogP) is 5.66. The Balaban J connectivity index is 1.96. The molecule has 1 saturated carbocycles. The molecule has 3 nitrogen and oxygen atoms in total. The fourth-order valence-electron chi connectivity index (χ4n) is 3.54. The molecule has 1 fully saturated rings. The number of hydrogen-bond acceptors (Lipinski definition) is 2. The number of likely N-dealkylation sites (N-methyl/N-ethyl adjacent to an activating group) is 1. The van der Waals surface area contributed by atoms with E-state index in [4.69, 9.17) is 35.4 Å². The van der Waals surface area contributed by atoms with Gasteiger partial charge >= 0.3 is 0 Å². The summed E-state index contributed by atoms with van der Waals surface area (Å²) in [5.41, 5.74) is 0.797. The Morgan fingerprint density at radius 3 is 2.46 bits per heavy atom. The second kappa shape index (κ2) is 7.95. The molecule has 1 atom stereocenters. The molecule has 0 amide bonds.